The average molecular weight is 146 g/mol. The molecule has 0 spiro atoms. The Morgan fingerprint density at radius 3 is 1.60 bits per heavy atom. The largest absolute Gasteiger partial charge is 0.323 e. The Labute approximate surface area is 59.3 Å². The lowest BCUT2D eigenvalue weighted by molar-refractivity contribution is 0.220. The molecule has 10 heavy (non-hydrogen) atoms. The van der Waals surface area contributed by atoms with Crippen LogP contribution >= 0.6 is 0 Å². The molecule has 0 amide bonds. The van der Waals surface area contributed by atoms with Gasteiger partial charge in [0.25, 0.3) is 0 Å². The van der Waals surface area contributed by atoms with Crippen LogP contribution in [0.1, 0.15) is 0 Å². The Balaban J connectivity index is 2.49. The maximum Gasteiger partial charge on any atom is 0.111 e. The molecule has 0 aromatic carbocycles. The summed E-state index contributed by atoms with van der Waals surface area (Å²) in [6, 6.07) is -0.292. The van der Waals surface area contributed by atoms with Crippen molar-refractivity contribution < 1.29 is 0 Å². The number of hydrogen-bond donors (Lipinski definition) is 6. The van der Waals surface area contributed by atoms with E-state index in [4.69, 9.17) is 22.9 Å². The van der Waals surface area contributed by atoms with Crippen LogP contribution in [-0.4, -0.2) is 24.7 Å². The first-order valence-electron chi connectivity index (χ1n) is 3.15. The smallest absolute Gasteiger partial charge is 0.111 e. The molecular weight excluding hydrogens is 132 g/mol. The van der Waals surface area contributed by atoms with Crippen molar-refractivity contribution in [1.29, 1.82) is 0 Å². The molecule has 1 fully saturated rings. The van der Waals surface area contributed by atoms with Gasteiger partial charge in [0.15, 0.2) is 0 Å². The average Bonchev–Trinajstić information content (AvgIpc) is 1.82. The second kappa shape index (κ2) is 2.79. The minimum atomic E-state index is -0.357. The first kappa shape index (κ1) is 7.86. The third-order valence-electron chi connectivity index (χ3n) is 1.57. The summed E-state index contributed by atoms with van der Waals surface area (Å²) in [4.78, 5) is 0. The van der Waals surface area contributed by atoms with E-state index in [0.29, 0.717) is 0 Å². The second-order valence-corrected chi connectivity index (χ2v) is 2.44. The Morgan fingerprint density at radius 1 is 0.800 bits per heavy atom. The lowest BCUT2D eigenvalue weighted by Crippen LogP contribution is -2.76. The van der Waals surface area contributed by atoms with Crippen molar-refractivity contribution in [2.24, 2.45) is 22.9 Å². The minimum absolute atomic E-state index is 0.292. The molecule has 0 aliphatic carbocycles. The first-order valence-corrected chi connectivity index (χ1v) is 3.15. The fraction of sp³-hybridized carbons (Fsp3) is 1.00. The fourth-order valence-corrected chi connectivity index (χ4v) is 0.908. The molecule has 1 rings (SSSR count). The zero-order chi connectivity index (χ0) is 7.72. The van der Waals surface area contributed by atoms with Crippen LogP contribution in [0.3, 0.4) is 0 Å². The third kappa shape index (κ3) is 1.43. The number of nitrogens with two attached hydrogens (primary N) is 4. The fourth-order valence-electron chi connectivity index (χ4n) is 0.908. The lowest BCUT2D eigenvalue weighted by atomic mass is 10.1. The number of nitrogens with one attached hydrogen (secondary N) is 2. The molecular formula is C4H14N6. The van der Waals surface area contributed by atoms with E-state index in [-0.39, 0.29) is 24.7 Å². The van der Waals surface area contributed by atoms with Gasteiger partial charge in [-0.3, -0.25) is 10.6 Å². The van der Waals surface area contributed by atoms with Crippen LogP contribution < -0.4 is 33.6 Å². The van der Waals surface area contributed by atoms with Gasteiger partial charge in [-0.2, -0.15) is 0 Å². The maximum atomic E-state index is 5.55. The summed E-state index contributed by atoms with van der Waals surface area (Å²) < 4.78 is 0. The van der Waals surface area contributed by atoms with Gasteiger partial charge in [0.2, 0.25) is 0 Å². The maximum absolute atomic E-state index is 5.55. The molecule has 1 aliphatic rings. The van der Waals surface area contributed by atoms with Crippen molar-refractivity contribution in [3.05, 3.63) is 0 Å². The van der Waals surface area contributed by atoms with Crippen molar-refractivity contribution in [1.82, 2.24) is 10.6 Å². The zero-order valence-corrected chi connectivity index (χ0v) is 5.62. The highest BCUT2D eigenvalue weighted by atomic mass is 15.3. The predicted octanol–water partition coefficient (Wildman–Crippen LogP) is -3.68. The van der Waals surface area contributed by atoms with Gasteiger partial charge >= 0.3 is 0 Å². The Kier molecular flexibility index (Phi) is 2.19. The van der Waals surface area contributed by atoms with Crippen LogP contribution in [0, 0.1) is 0 Å². The minimum Gasteiger partial charge on any atom is -0.323 e. The topological polar surface area (TPSA) is 128 Å². The van der Waals surface area contributed by atoms with Gasteiger partial charge in [-0.05, 0) is 0 Å². The summed E-state index contributed by atoms with van der Waals surface area (Å²) in [6.07, 6.45) is -1.01. The molecule has 1 saturated heterocycles. The van der Waals surface area contributed by atoms with Crippen molar-refractivity contribution in [3.8, 4) is 0 Å². The normalized spacial score (nSPS) is 49.2. The molecule has 0 aromatic rings. The molecule has 1 heterocycles. The third-order valence-corrected chi connectivity index (χ3v) is 1.57. The zero-order valence-electron chi connectivity index (χ0n) is 5.62. The van der Waals surface area contributed by atoms with E-state index in [1.165, 1.54) is 0 Å². The van der Waals surface area contributed by atoms with E-state index in [9.17, 15) is 0 Å². The molecule has 10 N–H and O–H groups in total. The lowest BCUT2D eigenvalue weighted by Gasteiger charge is -2.36. The van der Waals surface area contributed by atoms with E-state index in [2.05, 4.69) is 10.6 Å². The van der Waals surface area contributed by atoms with Gasteiger partial charge < -0.3 is 22.9 Å². The van der Waals surface area contributed by atoms with Crippen molar-refractivity contribution >= 4 is 0 Å². The standard InChI is InChI=1S/C4H14N6/c5-1-2(6)9-4(8)10-3(1)7/h1-4,9-10H,5-8H2. The highest BCUT2D eigenvalue weighted by Crippen LogP contribution is 1.92. The molecule has 0 saturated carbocycles. The summed E-state index contributed by atoms with van der Waals surface area (Å²) in [6.45, 7) is 0. The quantitative estimate of drug-likeness (QED) is 0.209. The van der Waals surface area contributed by atoms with Crippen LogP contribution in [0.4, 0.5) is 0 Å². The molecule has 2 atom stereocenters. The summed E-state index contributed by atoms with van der Waals surface area (Å²) in [5.74, 6) is 0. The molecule has 0 bridgehead atoms. The summed E-state index contributed by atoms with van der Waals surface area (Å²) in [7, 11) is 0. The summed E-state index contributed by atoms with van der Waals surface area (Å²) in [5.41, 5.74) is 22.0. The molecule has 6 heteroatoms. The summed E-state index contributed by atoms with van der Waals surface area (Å²) in [5, 5.41) is 5.60. The van der Waals surface area contributed by atoms with Gasteiger partial charge in [0.1, 0.15) is 6.29 Å². The van der Waals surface area contributed by atoms with E-state index < -0.39 is 0 Å². The van der Waals surface area contributed by atoms with Gasteiger partial charge in [-0.1, -0.05) is 0 Å². The van der Waals surface area contributed by atoms with Crippen LogP contribution in [0.15, 0.2) is 0 Å². The van der Waals surface area contributed by atoms with Crippen LogP contribution in [0.2, 0.25) is 0 Å². The highest BCUT2D eigenvalue weighted by Gasteiger charge is 2.27. The monoisotopic (exact) mass is 146 g/mol. The molecule has 0 radical (unpaired) electrons. The SMILES string of the molecule is NC1NC(N)C(N)C(N)N1. The van der Waals surface area contributed by atoms with Crippen LogP contribution in [-0.2, 0) is 0 Å². The summed E-state index contributed by atoms with van der Waals surface area (Å²) >= 11 is 0. The molecule has 2 unspecified atom stereocenters. The number of rotatable bonds is 0. The molecule has 6 nitrogen and oxygen atoms in total. The van der Waals surface area contributed by atoms with Gasteiger partial charge in [-0.25, -0.2) is 0 Å². The van der Waals surface area contributed by atoms with E-state index in [1.54, 1.807) is 0 Å². The highest BCUT2D eigenvalue weighted by molar-refractivity contribution is 4.89. The second-order valence-electron chi connectivity index (χ2n) is 2.44. The van der Waals surface area contributed by atoms with E-state index in [0.717, 1.165) is 0 Å². The van der Waals surface area contributed by atoms with Crippen molar-refractivity contribution in [3.63, 3.8) is 0 Å². The van der Waals surface area contributed by atoms with Gasteiger partial charge in [-0.15, -0.1) is 0 Å². The van der Waals surface area contributed by atoms with Crippen molar-refractivity contribution in [2.45, 2.75) is 24.7 Å². The molecule has 1 aliphatic heterocycles. The van der Waals surface area contributed by atoms with Crippen molar-refractivity contribution in [2.75, 3.05) is 0 Å². The Morgan fingerprint density at radius 2 is 1.20 bits per heavy atom. The van der Waals surface area contributed by atoms with Crippen LogP contribution in [0.25, 0.3) is 0 Å². The van der Waals surface area contributed by atoms with E-state index >= 15 is 0 Å². The Bertz CT molecular complexity index is 104. The van der Waals surface area contributed by atoms with E-state index in [1.807, 2.05) is 0 Å². The predicted molar refractivity (Wildman–Crippen MR) is 38.2 cm³/mol. The van der Waals surface area contributed by atoms with Crippen LogP contribution in [0.5, 0.6) is 0 Å². The van der Waals surface area contributed by atoms with Gasteiger partial charge in [0, 0.05) is 0 Å². The number of hydrogen-bond acceptors (Lipinski definition) is 6. The van der Waals surface area contributed by atoms with Gasteiger partial charge in [0.05, 0.1) is 18.4 Å². The Hall–Kier alpha value is -0.240. The first-order chi connectivity index (χ1) is 4.61. The molecule has 0 aromatic heterocycles. The molecule has 60 valence electrons.